The molecule has 12 heteroatoms. The van der Waals surface area contributed by atoms with Crippen LogP contribution in [0.25, 0.3) is 0 Å². The molecule has 2 saturated heterocycles. The van der Waals surface area contributed by atoms with Gasteiger partial charge in [-0.1, -0.05) is 29.8 Å². The van der Waals surface area contributed by atoms with Gasteiger partial charge in [-0.3, -0.25) is 19.2 Å². The number of anilines is 1. The van der Waals surface area contributed by atoms with Gasteiger partial charge in [0, 0.05) is 10.4 Å². The summed E-state index contributed by atoms with van der Waals surface area (Å²) in [7, 11) is 2.51. The quantitative estimate of drug-likeness (QED) is 0.353. The van der Waals surface area contributed by atoms with Crippen LogP contribution in [0.1, 0.15) is 31.2 Å². The predicted molar refractivity (Wildman–Crippen MR) is 155 cm³/mol. The fourth-order valence-corrected chi connectivity index (χ4v) is 8.39. The minimum atomic E-state index is -1.29. The Kier molecular flexibility index (Phi) is 6.84. The molecular formula is C30H26Br2N2O8. The van der Waals surface area contributed by atoms with Gasteiger partial charge in [-0.15, -0.1) is 0 Å². The third-order valence-corrected chi connectivity index (χ3v) is 11.5. The molecule has 4 aliphatic rings. The van der Waals surface area contributed by atoms with Crippen molar-refractivity contribution < 1.29 is 38.6 Å². The Morgan fingerprint density at radius 1 is 1.00 bits per heavy atom. The lowest BCUT2D eigenvalue weighted by Gasteiger charge is -2.49. The number of rotatable bonds is 3. The molecule has 2 aromatic rings. The Hall–Kier alpha value is -3.51. The Balaban J connectivity index is 1.57. The molecule has 218 valence electrons. The first-order valence-corrected chi connectivity index (χ1v) is 14.9. The number of likely N-dealkylation sites (tertiary alicyclic amines) is 1. The lowest BCUT2D eigenvalue weighted by molar-refractivity contribution is -0.138. The number of allylic oxidation sites excluding steroid dienone is 2. The summed E-state index contributed by atoms with van der Waals surface area (Å²) in [6, 6.07) is 10.3. The fourth-order valence-electron chi connectivity index (χ4n) is 7.43. The van der Waals surface area contributed by atoms with Crippen LogP contribution in [-0.2, 0) is 23.9 Å². The second kappa shape index (κ2) is 10.0. The van der Waals surface area contributed by atoms with Crippen LogP contribution in [0.15, 0.2) is 57.0 Å². The van der Waals surface area contributed by atoms with Crippen molar-refractivity contribution in [1.29, 1.82) is 0 Å². The number of hydrogen-bond acceptors (Lipinski definition) is 8. The van der Waals surface area contributed by atoms with Crippen LogP contribution in [0.5, 0.6) is 11.5 Å². The van der Waals surface area contributed by atoms with Gasteiger partial charge in [0.2, 0.25) is 23.6 Å². The van der Waals surface area contributed by atoms with Crippen molar-refractivity contribution >= 4 is 67.3 Å². The number of halogens is 2. The van der Waals surface area contributed by atoms with Crippen molar-refractivity contribution in [2.24, 2.45) is 29.1 Å². The maximum atomic E-state index is 14.5. The highest BCUT2D eigenvalue weighted by atomic mass is 79.9. The van der Waals surface area contributed by atoms with Crippen LogP contribution in [0.2, 0.25) is 0 Å². The summed E-state index contributed by atoms with van der Waals surface area (Å²) in [5, 5.41) is 10.7. The molecule has 0 spiro atoms. The first kappa shape index (κ1) is 28.6. The van der Waals surface area contributed by atoms with E-state index in [0.717, 1.165) is 12.7 Å². The number of aromatic hydroxyl groups is 1. The van der Waals surface area contributed by atoms with Gasteiger partial charge in [-0.2, -0.15) is 4.90 Å². The van der Waals surface area contributed by atoms with Crippen LogP contribution in [0.4, 0.5) is 10.5 Å². The number of ether oxygens (including phenoxy) is 2. The largest absolute Gasteiger partial charge is 0.503 e. The molecule has 5 amide bonds. The third-order valence-electron chi connectivity index (χ3n) is 9.35. The first-order valence-electron chi connectivity index (χ1n) is 13.3. The normalized spacial score (nSPS) is 30.1. The molecule has 0 unspecified atom stereocenters. The zero-order valence-corrected chi connectivity index (χ0v) is 26.0. The van der Waals surface area contributed by atoms with Crippen LogP contribution in [0, 0.1) is 29.1 Å². The Bertz CT molecular complexity index is 1610. The first-order chi connectivity index (χ1) is 20.0. The second-order valence-corrected chi connectivity index (χ2v) is 12.7. The average molecular weight is 702 g/mol. The molecule has 1 N–H and O–H groups in total. The average Bonchev–Trinajstić information content (AvgIpc) is 3.36. The number of phenols is 1. The predicted octanol–water partition coefficient (Wildman–Crippen LogP) is 4.92. The summed E-state index contributed by atoms with van der Waals surface area (Å²) >= 11 is 7.01. The van der Waals surface area contributed by atoms with Gasteiger partial charge < -0.3 is 14.6 Å². The highest BCUT2D eigenvalue weighted by molar-refractivity contribution is 9.13. The number of carbonyl (C=O) groups excluding carboxylic acids is 5. The van der Waals surface area contributed by atoms with Crippen molar-refractivity contribution in [2.75, 3.05) is 19.1 Å². The highest BCUT2D eigenvalue weighted by Crippen LogP contribution is 2.65. The molecule has 2 heterocycles. The van der Waals surface area contributed by atoms with E-state index in [1.165, 1.54) is 12.0 Å². The van der Waals surface area contributed by atoms with Crippen LogP contribution < -0.4 is 9.64 Å². The number of para-hydroxylation sites is 1. The summed E-state index contributed by atoms with van der Waals surface area (Å²) in [4.78, 5) is 69.7. The van der Waals surface area contributed by atoms with Gasteiger partial charge in [0.1, 0.15) is 0 Å². The lowest BCUT2D eigenvalue weighted by Crippen LogP contribution is -2.49. The monoisotopic (exact) mass is 700 g/mol. The number of fused-ring (bicyclic) bond motifs is 4. The summed E-state index contributed by atoms with van der Waals surface area (Å²) < 4.78 is 10.9. The van der Waals surface area contributed by atoms with E-state index in [1.54, 1.807) is 43.3 Å². The van der Waals surface area contributed by atoms with E-state index in [0.29, 0.717) is 25.1 Å². The van der Waals surface area contributed by atoms with E-state index in [-0.39, 0.29) is 24.3 Å². The van der Waals surface area contributed by atoms with Gasteiger partial charge in [-0.25, -0.2) is 9.69 Å². The van der Waals surface area contributed by atoms with Crippen LogP contribution >= 0.6 is 31.9 Å². The smallest absolute Gasteiger partial charge is 0.423 e. The van der Waals surface area contributed by atoms with Gasteiger partial charge in [-0.05, 0) is 81.3 Å². The van der Waals surface area contributed by atoms with E-state index in [4.69, 9.17) is 9.47 Å². The standard InChI is InChI=1S/C30H26Br2N2O8/c1-30-18(26(37)33(28(30)39)13-7-5-4-6-8-13)11-16-14(21(30)17-12-19(41-2)24(35)23(32)22(17)31)9-10-15-20(16)27(38)34(25(15)36)29(40)42-3/h4-9,12,15-16,18,20-21,35H,10-11H2,1-3H3/t15-,16+,18-,20-,21+,30+/m0/s1. The molecule has 2 aliphatic heterocycles. The van der Waals surface area contributed by atoms with E-state index in [1.807, 2.05) is 6.08 Å². The topological polar surface area (TPSA) is 131 Å². The van der Waals surface area contributed by atoms with Gasteiger partial charge in [0.05, 0.1) is 47.5 Å². The van der Waals surface area contributed by atoms with E-state index in [9.17, 15) is 29.1 Å². The molecule has 6 atom stereocenters. The van der Waals surface area contributed by atoms with E-state index in [2.05, 4.69) is 31.9 Å². The Morgan fingerprint density at radius 3 is 2.33 bits per heavy atom. The molecule has 0 bridgehead atoms. The number of amides is 5. The highest BCUT2D eigenvalue weighted by Gasteiger charge is 2.68. The summed E-state index contributed by atoms with van der Waals surface area (Å²) in [6.45, 7) is 1.76. The Labute approximate surface area is 257 Å². The SMILES string of the molecule is COC(=O)N1C(=O)[C@H]2[C@H](CC=C3[C@H]2C[C@H]2C(=O)N(c4ccccc4)C(=O)[C@@]2(C)[C@H]3c2cc(OC)c(O)c(Br)c2Br)C1=O. The number of nitrogens with zero attached hydrogens (tertiary/aromatic N) is 2. The zero-order valence-electron chi connectivity index (χ0n) is 22.8. The fraction of sp³-hybridized carbons (Fsp3) is 0.367. The number of hydrogen-bond donors (Lipinski definition) is 1. The number of carbonyl (C=O) groups is 5. The zero-order chi connectivity index (χ0) is 30.2. The van der Waals surface area contributed by atoms with Crippen molar-refractivity contribution in [1.82, 2.24) is 4.90 Å². The van der Waals surface area contributed by atoms with E-state index >= 15 is 0 Å². The van der Waals surface area contributed by atoms with Crippen molar-refractivity contribution in [3.8, 4) is 11.5 Å². The van der Waals surface area contributed by atoms with Gasteiger partial charge >= 0.3 is 6.09 Å². The molecule has 0 radical (unpaired) electrons. The number of methoxy groups -OCH3 is 2. The van der Waals surface area contributed by atoms with Crippen molar-refractivity contribution in [3.05, 3.63) is 62.6 Å². The molecule has 10 nitrogen and oxygen atoms in total. The summed E-state index contributed by atoms with van der Waals surface area (Å²) in [5.41, 5.74) is 0.430. The number of benzene rings is 2. The summed E-state index contributed by atoms with van der Waals surface area (Å²) in [6.07, 6.45) is 1.13. The summed E-state index contributed by atoms with van der Waals surface area (Å²) in [5.74, 6) is -6.01. The van der Waals surface area contributed by atoms with E-state index < -0.39 is 64.7 Å². The molecular weight excluding hydrogens is 676 g/mol. The van der Waals surface area contributed by atoms with Crippen molar-refractivity contribution in [2.45, 2.75) is 25.7 Å². The second-order valence-electron chi connectivity index (χ2n) is 11.1. The molecule has 2 aliphatic carbocycles. The maximum Gasteiger partial charge on any atom is 0.423 e. The maximum absolute atomic E-state index is 14.5. The molecule has 6 rings (SSSR count). The number of imide groups is 4. The molecule has 42 heavy (non-hydrogen) atoms. The molecule has 3 fully saturated rings. The molecule has 2 aromatic carbocycles. The van der Waals surface area contributed by atoms with Gasteiger partial charge in [0.25, 0.3) is 0 Å². The van der Waals surface area contributed by atoms with Crippen LogP contribution in [0.3, 0.4) is 0 Å². The number of phenolic OH excluding ortho intramolecular Hbond substituents is 1. The Morgan fingerprint density at radius 2 is 1.69 bits per heavy atom. The minimum Gasteiger partial charge on any atom is -0.503 e. The lowest BCUT2D eigenvalue weighted by atomic mass is 9.51. The minimum absolute atomic E-state index is 0.135. The molecule has 1 saturated carbocycles. The van der Waals surface area contributed by atoms with Gasteiger partial charge in [0.15, 0.2) is 11.5 Å². The molecule has 0 aromatic heterocycles. The third kappa shape index (κ3) is 3.70. The van der Waals surface area contributed by atoms with Crippen LogP contribution in [-0.4, -0.2) is 53.9 Å². The van der Waals surface area contributed by atoms with Crippen molar-refractivity contribution in [3.63, 3.8) is 0 Å².